The molecule has 2 aromatic rings. The highest BCUT2D eigenvalue weighted by Crippen LogP contribution is 2.18. The minimum Gasteiger partial charge on any atom is -0.356 e. The Kier molecular flexibility index (Phi) is 5.08. The molecule has 1 aromatic carbocycles. The highest BCUT2D eigenvalue weighted by molar-refractivity contribution is 5.77. The lowest BCUT2D eigenvalue weighted by Crippen LogP contribution is -2.30. The molecule has 2 heterocycles. The van der Waals surface area contributed by atoms with Crippen LogP contribution in [0.2, 0.25) is 0 Å². The molecule has 0 bridgehead atoms. The fourth-order valence-electron chi connectivity index (χ4n) is 3.07. The maximum Gasteiger partial charge on any atom is 0.223 e. The predicted molar refractivity (Wildman–Crippen MR) is 91.9 cm³/mol. The Labute approximate surface area is 136 Å². The number of H-pyrrole nitrogens is 1. The van der Waals surface area contributed by atoms with Crippen molar-refractivity contribution >= 4 is 16.9 Å². The number of hydrogen-bond acceptors (Lipinski definition) is 3. The molecule has 0 spiro atoms. The normalized spacial score (nSPS) is 18.9. The van der Waals surface area contributed by atoms with E-state index in [1.807, 2.05) is 37.3 Å². The van der Waals surface area contributed by atoms with E-state index in [4.69, 9.17) is 0 Å². The summed E-state index contributed by atoms with van der Waals surface area (Å²) < 4.78 is 0. The maximum atomic E-state index is 11.6. The molecule has 5 nitrogen and oxygen atoms in total. The summed E-state index contributed by atoms with van der Waals surface area (Å²) >= 11 is 0. The van der Waals surface area contributed by atoms with Crippen LogP contribution in [0, 0.1) is 5.92 Å². The molecule has 1 fully saturated rings. The number of benzene rings is 1. The van der Waals surface area contributed by atoms with Crippen LogP contribution >= 0.6 is 0 Å². The molecule has 1 aliphatic rings. The van der Waals surface area contributed by atoms with Crippen molar-refractivity contribution in [1.29, 1.82) is 0 Å². The molecule has 5 heteroatoms. The summed E-state index contributed by atoms with van der Waals surface area (Å²) in [5.41, 5.74) is 2.11. The van der Waals surface area contributed by atoms with Gasteiger partial charge in [0.05, 0.1) is 17.6 Å². The molecule has 3 rings (SSSR count). The molecular weight excluding hydrogens is 288 g/mol. The lowest BCUT2D eigenvalue weighted by atomic mass is 10.1. The van der Waals surface area contributed by atoms with E-state index in [1.54, 1.807) is 0 Å². The molecule has 122 valence electrons. The van der Waals surface area contributed by atoms with Crippen LogP contribution in [-0.4, -0.2) is 40.4 Å². The van der Waals surface area contributed by atoms with Crippen molar-refractivity contribution in [2.45, 2.75) is 26.3 Å². The van der Waals surface area contributed by atoms with Crippen LogP contribution in [0.15, 0.2) is 36.4 Å². The summed E-state index contributed by atoms with van der Waals surface area (Å²) in [4.78, 5) is 22.1. The number of amides is 1. The van der Waals surface area contributed by atoms with Gasteiger partial charge in [0.15, 0.2) is 0 Å². The van der Waals surface area contributed by atoms with E-state index in [1.165, 1.54) is 0 Å². The van der Waals surface area contributed by atoms with Gasteiger partial charge in [-0.2, -0.15) is 0 Å². The molecule has 23 heavy (non-hydrogen) atoms. The minimum absolute atomic E-state index is 0.110. The average Bonchev–Trinajstić information content (AvgIpc) is 3.17. The number of imidazole rings is 1. The van der Waals surface area contributed by atoms with E-state index in [0.29, 0.717) is 12.3 Å². The van der Waals surface area contributed by atoms with Gasteiger partial charge in [-0.05, 0) is 37.9 Å². The number of rotatable bonds is 6. The SMILES string of the molecule is C/C=C/CC(=O)NCC1CCN(Cc2nc3ccccc3[nH]2)C1. The Morgan fingerprint density at radius 3 is 3.17 bits per heavy atom. The number of fused-ring (bicyclic) bond motifs is 1. The van der Waals surface area contributed by atoms with E-state index < -0.39 is 0 Å². The largest absolute Gasteiger partial charge is 0.356 e. The third-order valence-corrected chi connectivity index (χ3v) is 4.31. The van der Waals surface area contributed by atoms with E-state index in [9.17, 15) is 4.79 Å². The first kappa shape index (κ1) is 15.7. The van der Waals surface area contributed by atoms with E-state index >= 15 is 0 Å². The summed E-state index contributed by atoms with van der Waals surface area (Å²) in [6, 6.07) is 8.11. The van der Waals surface area contributed by atoms with E-state index in [0.717, 1.165) is 49.5 Å². The van der Waals surface area contributed by atoms with E-state index in [2.05, 4.69) is 26.3 Å². The number of aromatic nitrogens is 2. The van der Waals surface area contributed by atoms with Gasteiger partial charge in [-0.25, -0.2) is 4.98 Å². The Morgan fingerprint density at radius 2 is 2.35 bits per heavy atom. The van der Waals surface area contributed by atoms with Crippen molar-refractivity contribution in [3.63, 3.8) is 0 Å². The van der Waals surface area contributed by atoms with Gasteiger partial charge in [-0.3, -0.25) is 9.69 Å². The zero-order chi connectivity index (χ0) is 16.1. The average molecular weight is 312 g/mol. The van der Waals surface area contributed by atoms with Crippen molar-refractivity contribution in [2.75, 3.05) is 19.6 Å². The van der Waals surface area contributed by atoms with E-state index in [-0.39, 0.29) is 5.91 Å². The molecule has 0 aliphatic carbocycles. The number of hydrogen-bond donors (Lipinski definition) is 2. The van der Waals surface area contributed by atoms with Crippen molar-refractivity contribution in [2.24, 2.45) is 5.92 Å². The van der Waals surface area contributed by atoms with Crippen molar-refractivity contribution in [3.8, 4) is 0 Å². The van der Waals surface area contributed by atoms with Gasteiger partial charge < -0.3 is 10.3 Å². The number of allylic oxidation sites excluding steroid dienone is 1. The molecule has 2 N–H and O–H groups in total. The summed E-state index contributed by atoms with van der Waals surface area (Å²) in [6.07, 6.45) is 5.40. The monoisotopic (exact) mass is 312 g/mol. The molecular formula is C18H24N4O. The van der Waals surface area contributed by atoms with Gasteiger partial charge >= 0.3 is 0 Å². The Bertz CT molecular complexity index is 658. The molecule has 0 saturated carbocycles. The molecule has 1 saturated heterocycles. The lowest BCUT2D eigenvalue weighted by molar-refractivity contribution is -0.120. The number of carbonyl (C=O) groups excluding carboxylic acids is 1. The quantitative estimate of drug-likeness (QED) is 0.806. The van der Waals surface area contributed by atoms with Gasteiger partial charge in [0.25, 0.3) is 0 Å². The molecule has 1 aromatic heterocycles. The topological polar surface area (TPSA) is 61.0 Å². The van der Waals surface area contributed by atoms with Crippen LogP contribution in [-0.2, 0) is 11.3 Å². The van der Waals surface area contributed by atoms with Crippen LogP contribution < -0.4 is 5.32 Å². The van der Waals surface area contributed by atoms with Gasteiger partial charge in [0.2, 0.25) is 5.91 Å². The number of aromatic amines is 1. The number of carbonyl (C=O) groups is 1. The van der Waals surface area contributed by atoms with Crippen molar-refractivity contribution in [3.05, 3.63) is 42.2 Å². The summed E-state index contributed by atoms with van der Waals surface area (Å²) in [7, 11) is 0. The zero-order valence-electron chi connectivity index (χ0n) is 13.6. The molecule has 1 atom stereocenters. The van der Waals surface area contributed by atoms with Crippen LogP contribution in [0.5, 0.6) is 0 Å². The molecule has 0 radical (unpaired) electrons. The van der Waals surface area contributed by atoms with Crippen LogP contribution in [0.1, 0.15) is 25.6 Å². The van der Waals surface area contributed by atoms with Gasteiger partial charge in [0.1, 0.15) is 5.82 Å². The Balaban J connectivity index is 1.47. The fraction of sp³-hybridized carbons (Fsp3) is 0.444. The van der Waals surface area contributed by atoms with Crippen LogP contribution in [0.3, 0.4) is 0 Å². The highest BCUT2D eigenvalue weighted by atomic mass is 16.1. The highest BCUT2D eigenvalue weighted by Gasteiger charge is 2.23. The molecule has 1 aliphatic heterocycles. The fourth-order valence-corrected chi connectivity index (χ4v) is 3.07. The first-order chi connectivity index (χ1) is 11.2. The second-order valence-corrected chi connectivity index (χ2v) is 6.17. The Morgan fingerprint density at radius 1 is 1.48 bits per heavy atom. The standard InChI is InChI=1S/C18H24N4O/c1-2-3-8-18(23)19-11-14-9-10-22(12-14)13-17-20-15-6-4-5-7-16(15)21-17/h2-7,14H,8-13H2,1H3,(H,19,23)(H,20,21)/b3-2+. The summed E-state index contributed by atoms with van der Waals surface area (Å²) in [5, 5.41) is 3.03. The zero-order valence-corrected chi connectivity index (χ0v) is 13.6. The van der Waals surface area contributed by atoms with Gasteiger partial charge in [-0.1, -0.05) is 24.3 Å². The smallest absolute Gasteiger partial charge is 0.223 e. The number of nitrogens with zero attached hydrogens (tertiary/aromatic N) is 2. The van der Waals surface area contributed by atoms with Crippen molar-refractivity contribution in [1.82, 2.24) is 20.2 Å². The summed E-state index contributed by atoms with van der Waals surface area (Å²) in [6.45, 7) is 5.62. The number of para-hydroxylation sites is 2. The van der Waals surface area contributed by atoms with Gasteiger partial charge in [0, 0.05) is 19.5 Å². The maximum absolute atomic E-state index is 11.6. The first-order valence-corrected chi connectivity index (χ1v) is 8.28. The second-order valence-electron chi connectivity index (χ2n) is 6.17. The predicted octanol–water partition coefficient (Wildman–Crippen LogP) is 2.47. The minimum atomic E-state index is 0.110. The third kappa shape index (κ3) is 4.20. The second kappa shape index (κ2) is 7.42. The first-order valence-electron chi connectivity index (χ1n) is 8.28. The van der Waals surface area contributed by atoms with Crippen LogP contribution in [0.4, 0.5) is 0 Å². The number of nitrogens with one attached hydrogen (secondary N) is 2. The third-order valence-electron chi connectivity index (χ3n) is 4.31. The van der Waals surface area contributed by atoms with Crippen molar-refractivity contribution < 1.29 is 4.79 Å². The lowest BCUT2D eigenvalue weighted by Gasteiger charge is -2.14. The molecule has 1 amide bonds. The van der Waals surface area contributed by atoms with Gasteiger partial charge in [-0.15, -0.1) is 0 Å². The number of likely N-dealkylation sites (tertiary alicyclic amines) is 1. The summed E-state index contributed by atoms with van der Waals surface area (Å²) in [5.74, 6) is 1.66. The van der Waals surface area contributed by atoms with Crippen LogP contribution in [0.25, 0.3) is 11.0 Å². The molecule has 1 unspecified atom stereocenters. The Hall–Kier alpha value is -2.14.